The van der Waals surface area contributed by atoms with Crippen molar-refractivity contribution < 1.29 is 9.21 Å². The van der Waals surface area contributed by atoms with Gasteiger partial charge < -0.3 is 9.73 Å². The highest BCUT2D eigenvalue weighted by atomic mass is 32.2. The summed E-state index contributed by atoms with van der Waals surface area (Å²) in [6.07, 6.45) is 5.36. The highest BCUT2D eigenvalue weighted by molar-refractivity contribution is 8.00. The van der Waals surface area contributed by atoms with Crippen LogP contribution in [0.4, 0.5) is 0 Å². The van der Waals surface area contributed by atoms with Gasteiger partial charge in [0.15, 0.2) is 11.0 Å². The fraction of sp³-hybridized carbons (Fsp3) is 0.409. The highest BCUT2D eigenvalue weighted by Gasteiger charge is 2.22. The number of piperidine rings is 1. The number of thioether (sulfide) groups is 1. The zero-order valence-corrected chi connectivity index (χ0v) is 18.0. The molecule has 0 unspecified atom stereocenters. The number of nitrogens with zero attached hydrogens (tertiary/aromatic N) is 4. The topological polar surface area (TPSA) is 76.2 Å². The van der Waals surface area contributed by atoms with Gasteiger partial charge in [0.1, 0.15) is 5.76 Å². The molecule has 8 heteroatoms. The summed E-state index contributed by atoms with van der Waals surface area (Å²) in [4.78, 5) is 15.0. The maximum absolute atomic E-state index is 12.6. The number of para-hydroxylation sites is 1. The van der Waals surface area contributed by atoms with Crippen molar-refractivity contribution in [2.24, 2.45) is 0 Å². The number of benzene rings is 1. The van der Waals surface area contributed by atoms with Crippen LogP contribution in [-0.2, 0) is 17.9 Å². The average molecular weight is 426 g/mol. The van der Waals surface area contributed by atoms with E-state index in [0.29, 0.717) is 6.54 Å². The van der Waals surface area contributed by atoms with Gasteiger partial charge in [-0.3, -0.25) is 14.3 Å². The first-order valence-corrected chi connectivity index (χ1v) is 11.3. The lowest BCUT2D eigenvalue weighted by Gasteiger charge is -2.26. The van der Waals surface area contributed by atoms with Gasteiger partial charge in [0.2, 0.25) is 5.91 Å². The molecule has 0 saturated carbocycles. The predicted octanol–water partition coefficient (Wildman–Crippen LogP) is 3.64. The van der Waals surface area contributed by atoms with E-state index in [1.165, 1.54) is 31.0 Å². The van der Waals surface area contributed by atoms with E-state index in [9.17, 15) is 4.79 Å². The molecule has 1 aliphatic heterocycles. The van der Waals surface area contributed by atoms with Crippen LogP contribution in [0.15, 0.2) is 58.3 Å². The van der Waals surface area contributed by atoms with E-state index in [2.05, 4.69) is 37.1 Å². The fourth-order valence-electron chi connectivity index (χ4n) is 3.58. The Morgan fingerprint density at radius 1 is 1.13 bits per heavy atom. The summed E-state index contributed by atoms with van der Waals surface area (Å²) in [6, 6.07) is 13.8. The van der Waals surface area contributed by atoms with Gasteiger partial charge in [0.25, 0.3) is 0 Å². The molecule has 0 spiro atoms. The Balaban J connectivity index is 1.49. The van der Waals surface area contributed by atoms with Gasteiger partial charge in [0.05, 0.1) is 24.6 Å². The maximum atomic E-state index is 12.6. The molecule has 1 aliphatic rings. The number of rotatable bonds is 8. The number of carbonyl (C=O) groups is 1. The van der Waals surface area contributed by atoms with Crippen LogP contribution >= 0.6 is 11.8 Å². The van der Waals surface area contributed by atoms with Crippen molar-refractivity contribution in [2.75, 3.05) is 13.1 Å². The minimum atomic E-state index is -0.311. The minimum Gasteiger partial charge on any atom is -0.467 e. The van der Waals surface area contributed by atoms with Crippen molar-refractivity contribution in [3.05, 3.63) is 60.3 Å². The first-order valence-electron chi connectivity index (χ1n) is 10.4. The van der Waals surface area contributed by atoms with Gasteiger partial charge in [-0.2, -0.15) is 0 Å². The summed E-state index contributed by atoms with van der Waals surface area (Å²) in [5, 5.41) is 12.3. The quantitative estimate of drug-likeness (QED) is 0.555. The molecular weight excluding hydrogens is 398 g/mol. The second kappa shape index (κ2) is 9.95. The van der Waals surface area contributed by atoms with Crippen LogP contribution in [0, 0.1) is 0 Å². The Kier molecular flexibility index (Phi) is 6.86. The van der Waals surface area contributed by atoms with E-state index in [4.69, 9.17) is 4.42 Å². The number of nitrogens with one attached hydrogen (secondary N) is 1. The van der Waals surface area contributed by atoms with Crippen molar-refractivity contribution in [3.8, 4) is 5.69 Å². The summed E-state index contributed by atoms with van der Waals surface area (Å²) < 4.78 is 7.36. The molecule has 2 aromatic heterocycles. The van der Waals surface area contributed by atoms with Gasteiger partial charge in [-0.05, 0) is 57.1 Å². The van der Waals surface area contributed by atoms with Crippen molar-refractivity contribution in [1.82, 2.24) is 25.0 Å². The highest BCUT2D eigenvalue weighted by Crippen LogP contribution is 2.27. The van der Waals surface area contributed by atoms with Crippen molar-refractivity contribution in [1.29, 1.82) is 0 Å². The molecule has 7 nitrogen and oxygen atoms in total. The Bertz CT molecular complexity index is 936. The molecule has 1 atom stereocenters. The zero-order valence-electron chi connectivity index (χ0n) is 17.2. The number of hydrogen-bond acceptors (Lipinski definition) is 6. The minimum absolute atomic E-state index is 0.0587. The second-order valence-corrected chi connectivity index (χ2v) is 8.77. The standard InChI is InChI=1S/C22H27N5O2S/c1-17(21(28)23-15-19-11-8-14-29-19)30-22-25-24-20(16-26-12-6-3-7-13-26)27(22)18-9-4-2-5-10-18/h2,4-5,8-11,14,17H,3,6-7,12-13,15-16H2,1H3,(H,23,28)/t17-/m0/s1. The molecule has 3 heterocycles. The first kappa shape index (κ1) is 20.7. The van der Waals surface area contributed by atoms with Crippen LogP contribution in [0.5, 0.6) is 0 Å². The van der Waals surface area contributed by atoms with Crippen molar-refractivity contribution in [2.45, 2.75) is 49.7 Å². The largest absolute Gasteiger partial charge is 0.467 e. The van der Waals surface area contributed by atoms with Crippen LogP contribution in [0.1, 0.15) is 37.8 Å². The molecule has 158 valence electrons. The summed E-state index contributed by atoms with van der Waals surface area (Å²) in [5.41, 5.74) is 1.01. The molecule has 3 aromatic rings. The van der Waals surface area contributed by atoms with Crippen LogP contribution in [-0.4, -0.2) is 43.9 Å². The molecule has 0 aliphatic carbocycles. The SMILES string of the molecule is C[C@H](Sc1nnc(CN2CCCCC2)n1-c1ccccc1)C(=O)NCc1ccco1. The molecule has 1 fully saturated rings. The molecule has 0 bridgehead atoms. The third-order valence-corrected chi connectivity index (χ3v) is 6.24. The summed E-state index contributed by atoms with van der Waals surface area (Å²) in [6.45, 7) is 5.21. The lowest BCUT2D eigenvalue weighted by molar-refractivity contribution is -0.120. The van der Waals surface area contributed by atoms with Crippen LogP contribution in [0.3, 0.4) is 0 Å². The van der Waals surface area contributed by atoms with Crippen molar-refractivity contribution in [3.63, 3.8) is 0 Å². The third kappa shape index (κ3) is 5.12. The predicted molar refractivity (Wildman–Crippen MR) is 116 cm³/mol. The first-order chi connectivity index (χ1) is 14.7. The Morgan fingerprint density at radius 2 is 1.93 bits per heavy atom. The van der Waals surface area contributed by atoms with Crippen molar-refractivity contribution >= 4 is 17.7 Å². The smallest absolute Gasteiger partial charge is 0.233 e. The van der Waals surface area contributed by atoms with Gasteiger partial charge in [0, 0.05) is 5.69 Å². The second-order valence-electron chi connectivity index (χ2n) is 7.46. The summed E-state index contributed by atoms with van der Waals surface area (Å²) in [7, 11) is 0. The molecule has 1 amide bonds. The molecule has 1 aromatic carbocycles. The molecular formula is C22H27N5O2S. The fourth-order valence-corrected chi connectivity index (χ4v) is 4.49. The summed E-state index contributed by atoms with van der Waals surface area (Å²) in [5.74, 6) is 1.59. The molecule has 30 heavy (non-hydrogen) atoms. The number of carbonyl (C=O) groups excluding carboxylic acids is 1. The lowest BCUT2D eigenvalue weighted by Crippen LogP contribution is -2.31. The summed E-state index contributed by atoms with van der Waals surface area (Å²) >= 11 is 1.42. The van der Waals surface area contributed by atoms with Crippen LogP contribution in [0.25, 0.3) is 5.69 Å². The van der Waals surface area contributed by atoms with Crippen LogP contribution in [0.2, 0.25) is 0 Å². The Hall–Kier alpha value is -2.58. The number of hydrogen-bond donors (Lipinski definition) is 1. The van der Waals surface area contributed by atoms with E-state index >= 15 is 0 Å². The van der Waals surface area contributed by atoms with Gasteiger partial charge in [-0.15, -0.1) is 10.2 Å². The van der Waals surface area contributed by atoms with E-state index in [1.54, 1.807) is 6.26 Å². The van der Waals surface area contributed by atoms with E-state index in [-0.39, 0.29) is 11.2 Å². The molecule has 1 saturated heterocycles. The monoisotopic (exact) mass is 425 g/mol. The van der Waals surface area contributed by atoms with Crippen LogP contribution < -0.4 is 5.32 Å². The van der Waals surface area contributed by atoms with Gasteiger partial charge in [-0.1, -0.05) is 36.4 Å². The Labute approximate surface area is 180 Å². The van der Waals surface area contributed by atoms with Gasteiger partial charge >= 0.3 is 0 Å². The van der Waals surface area contributed by atoms with E-state index in [0.717, 1.165) is 42.1 Å². The lowest BCUT2D eigenvalue weighted by atomic mass is 10.1. The third-order valence-electron chi connectivity index (χ3n) is 5.20. The van der Waals surface area contributed by atoms with E-state index in [1.807, 2.05) is 37.3 Å². The Morgan fingerprint density at radius 3 is 2.67 bits per heavy atom. The molecule has 1 N–H and O–H groups in total. The molecule has 0 radical (unpaired) electrons. The average Bonchev–Trinajstić information content (AvgIpc) is 3.43. The van der Waals surface area contributed by atoms with E-state index < -0.39 is 0 Å². The number of amides is 1. The number of furan rings is 1. The normalized spacial score (nSPS) is 15.8. The zero-order chi connectivity index (χ0) is 20.8. The molecule has 4 rings (SSSR count). The van der Waals surface area contributed by atoms with Gasteiger partial charge in [-0.25, -0.2) is 0 Å². The number of likely N-dealkylation sites (tertiary alicyclic amines) is 1. The number of aromatic nitrogens is 3. The maximum Gasteiger partial charge on any atom is 0.233 e.